The molecule has 0 saturated heterocycles. The van der Waals surface area contributed by atoms with Crippen LogP contribution in [0, 0.1) is 18.6 Å². The summed E-state index contributed by atoms with van der Waals surface area (Å²) in [5, 5.41) is 4.80. The summed E-state index contributed by atoms with van der Waals surface area (Å²) in [6.07, 6.45) is -0.0842. The van der Waals surface area contributed by atoms with Gasteiger partial charge in [-0.15, -0.1) is 22.7 Å². The lowest BCUT2D eigenvalue weighted by atomic mass is 10.1. The molecule has 4 rings (SSSR count). The Labute approximate surface area is 182 Å². The highest BCUT2D eigenvalue weighted by Gasteiger charge is 2.20. The van der Waals surface area contributed by atoms with Gasteiger partial charge in [0.25, 0.3) is 5.56 Å². The zero-order chi connectivity index (χ0) is 22.4. The van der Waals surface area contributed by atoms with Gasteiger partial charge >= 0.3 is 5.69 Å². The van der Waals surface area contributed by atoms with Crippen molar-refractivity contribution in [2.24, 2.45) is 14.1 Å². The van der Waals surface area contributed by atoms with Gasteiger partial charge in [0.05, 0.1) is 17.5 Å². The Morgan fingerprint density at radius 1 is 1.19 bits per heavy atom. The molecular weight excluding hydrogens is 446 g/mol. The van der Waals surface area contributed by atoms with Crippen LogP contribution in [0.2, 0.25) is 0 Å². The number of carbonyl (C=O) groups excluding carboxylic acids is 1. The number of nitrogens with zero attached hydrogens (tertiary/aromatic N) is 3. The Morgan fingerprint density at radius 2 is 1.94 bits per heavy atom. The van der Waals surface area contributed by atoms with Crippen LogP contribution in [0.1, 0.15) is 10.4 Å². The van der Waals surface area contributed by atoms with Gasteiger partial charge in [-0.2, -0.15) is 0 Å². The van der Waals surface area contributed by atoms with Crippen LogP contribution in [0.4, 0.5) is 13.9 Å². The number of amides is 1. The third-order valence-corrected chi connectivity index (χ3v) is 6.86. The summed E-state index contributed by atoms with van der Waals surface area (Å²) in [5.74, 6) is -1.84. The molecule has 0 saturated carbocycles. The SMILES string of the molecule is Cc1sc2c(c1CC(=O)Nc1nc(-c3ccc(F)cc3F)cs1)c(=O)n(C)c(=O)n2C. The number of anilines is 1. The van der Waals surface area contributed by atoms with Crippen molar-refractivity contribution in [3.63, 3.8) is 0 Å². The molecule has 0 bridgehead atoms. The lowest BCUT2D eigenvalue weighted by molar-refractivity contribution is -0.115. The van der Waals surface area contributed by atoms with Gasteiger partial charge < -0.3 is 5.32 Å². The Kier molecular flexibility index (Phi) is 5.31. The topological polar surface area (TPSA) is 86.0 Å². The second-order valence-electron chi connectivity index (χ2n) is 6.91. The number of thiazole rings is 1. The maximum Gasteiger partial charge on any atom is 0.331 e. The molecule has 0 aliphatic carbocycles. The van der Waals surface area contributed by atoms with E-state index >= 15 is 0 Å². The monoisotopic (exact) mass is 462 g/mol. The van der Waals surface area contributed by atoms with E-state index in [1.54, 1.807) is 19.4 Å². The van der Waals surface area contributed by atoms with Gasteiger partial charge in [-0.05, 0) is 24.6 Å². The van der Waals surface area contributed by atoms with E-state index in [-0.39, 0.29) is 22.8 Å². The molecule has 7 nitrogen and oxygen atoms in total. The predicted octanol–water partition coefficient (Wildman–Crippen LogP) is 3.19. The predicted molar refractivity (Wildman–Crippen MR) is 117 cm³/mol. The number of hydrogen-bond acceptors (Lipinski definition) is 6. The van der Waals surface area contributed by atoms with E-state index in [1.165, 1.54) is 29.0 Å². The molecule has 0 aliphatic heterocycles. The summed E-state index contributed by atoms with van der Waals surface area (Å²) in [5.41, 5.74) is 0.0720. The van der Waals surface area contributed by atoms with Crippen LogP contribution in [0.15, 0.2) is 33.2 Å². The van der Waals surface area contributed by atoms with Gasteiger partial charge in [0.2, 0.25) is 5.91 Å². The lowest BCUT2D eigenvalue weighted by Crippen LogP contribution is -2.36. The summed E-state index contributed by atoms with van der Waals surface area (Å²) in [7, 11) is 2.97. The van der Waals surface area contributed by atoms with E-state index in [1.807, 2.05) is 0 Å². The number of thiophene rings is 1. The van der Waals surface area contributed by atoms with Crippen molar-refractivity contribution < 1.29 is 13.6 Å². The molecule has 3 aromatic heterocycles. The molecule has 0 atom stereocenters. The Bertz CT molecular complexity index is 1470. The fourth-order valence-electron chi connectivity index (χ4n) is 3.27. The summed E-state index contributed by atoms with van der Waals surface area (Å²) >= 11 is 2.38. The van der Waals surface area contributed by atoms with E-state index in [4.69, 9.17) is 0 Å². The number of nitrogens with one attached hydrogen (secondary N) is 1. The van der Waals surface area contributed by atoms with Crippen molar-refractivity contribution in [3.8, 4) is 11.3 Å². The van der Waals surface area contributed by atoms with Crippen molar-refractivity contribution in [1.82, 2.24) is 14.1 Å². The Hall–Kier alpha value is -3.18. The summed E-state index contributed by atoms with van der Waals surface area (Å²) < 4.78 is 29.5. The first-order chi connectivity index (χ1) is 14.7. The zero-order valence-corrected chi connectivity index (χ0v) is 18.3. The number of aryl methyl sites for hydroxylation is 2. The second kappa shape index (κ2) is 7.82. The zero-order valence-electron chi connectivity index (χ0n) is 16.7. The Balaban J connectivity index is 1.61. The molecule has 160 valence electrons. The maximum absolute atomic E-state index is 14.0. The highest BCUT2D eigenvalue weighted by Crippen LogP contribution is 2.29. The Morgan fingerprint density at radius 3 is 2.65 bits per heavy atom. The third-order valence-electron chi connectivity index (χ3n) is 4.88. The molecule has 1 N–H and O–H groups in total. The molecule has 31 heavy (non-hydrogen) atoms. The van der Waals surface area contributed by atoms with E-state index in [0.717, 1.165) is 32.9 Å². The minimum Gasteiger partial charge on any atom is -0.302 e. The summed E-state index contributed by atoms with van der Waals surface area (Å²) in [6.45, 7) is 1.79. The first-order valence-corrected chi connectivity index (χ1v) is 10.8. The molecule has 1 amide bonds. The molecule has 1 aromatic carbocycles. The van der Waals surface area contributed by atoms with Crippen molar-refractivity contribution >= 4 is 43.9 Å². The average molecular weight is 463 g/mol. The highest BCUT2D eigenvalue weighted by atomic mass is 32.1. The average Bonchev–Trinajstić information content (AvgIpc) is 3.29. The fourth-order valence-corrected chi connectivity index (χ4v) is 5.12. The van der Waals surface area contributed by atoms with Crippen LogP contribution in [0.3, 0.4) is 0 Å². The summed E-state index contributed by atoms with van der Waals surface area (Å²) in [6, 6.07) is 3.19. The number of fused-ring (bicyclic) bond motifs is 1. The lowest BCUT2D eigenvalue weighted by Gasteiger charge is -2.05. The molecule has 0 aliphatic rings. The number of aromatic nitrogens is 3. The van der Waals surface area contributed by atoms with Crippen LogP contribution in [-0.2, 0) is 25.3 Å². The molecular formula is C20H16F2N4O3S2. The van der Waals surface area contributed by atoms with E-state index in [9.17, 15) is 23.2 Å². The normalized spacial score (nSPS) is 11.3. The van der Waals surface area contributed by atoms with Crippen molar-refractivity contribution in [2.45, 2.75) is 13.3 Å². The van der Waals surface area contributed by atoms with Gasteiger partial charge in [-0.3, -0.25) is 18.7 Å². The van der Waals surface area contributed by atoms with E-state index in [2.05, 4.69) is 10.3 Å². The molecule has 0 unspecified atom stereocenters. The van der Waals surface area contributed by atoms with Crippen LogP contribution in [0.25, 0.3) is 21.5 Å². The highest BCUT2D eigenvalue weighted by molar-refractivity contribution is 7.18. The number of benzene rings is 1. The first-order valence-electron chi connectivity index (χ1n) is 9.06. The minimum absolute atomic E-state index is 0.0842. The molecule has 0 radical (unpaired) electrons. The molecule has 0 spiro atoms. The van der Waals surface area contributed by atoms with Crippen molar-refractivity contribution in [3.05, 3.63) is 66.5 Å². The van der Waals surface area contributed by atoms with E-state index < -0.39 is 28.8 Å². The second-order valence-corrected chi connectivity index (χ2v) is 8.97. The number of halogens is 2. The standard InChI is InChI=1S/C20H16F2N4O3S2/c1-9-12(16-17(28)25(2)20(29)26(3)18(16)31-9)7-15(27)24-19-23-14(8-30-19)11-5-4-10(21)6-13(11)22/h4-6,8H,7H2,1-3H3,(H,23,24,27). The third kappa shape index (κ3) is 3.70. The van der Waals surface area contributed by atoms with Gasteiger partial charge in [0.15, 0.2) is 5.13 Å². The van der Waals surface area contributed by atoms with Gasteiger partial charge in [-0.25, -0.2) is 18.6 Å². The van der Waals surface area contributed by atoms with Crippen molar-refractivity contribution in [2.75, 3.05) is 5.32 Å². The van der Waals surface area contributed by atoms with Gasteiger partial charge in [-0.1, -0.05) is 0 Å². The van der Waals surface area contributed by atoms with Crippen molar-refractivity contribution in [1.29, 1.82) is 0 Å². The van der Waals surface area contributed by atoms with Crippen LogP contribution in [-0.4, -0.2) is 20.0 Å². The smallest absolute Gasteiger partial charge is 0.302 e. The molecule has 11 heteroatoms. The molecule has 0 fully saturated rings. The van der Waals surface area contributed by atoms with Crippen LogP contribution in [0.5, 0.6) is 0 Å². The van der Waals surface area contributed by atoms with Gasteiger partial charge in [0.1, 0.15) is 16.5 Å². The summed E-state index contributed by atoms with van der Waals surface area (Å²) in [4.78, 5) is 42.9. The number of hydrogen-bond donors (Lipinski definition) is 1. The van der Waals surface area contributed by atoms with Gasteiger partial charge in [0, 0.05) is 36.0 Å². The first kappa shape index (κ1) is 21.1. The molecule has 4 aromatic rings. The van der Waals surface area contributed by atoms with E-state index in [0.29, 0.717) is 15.8 Å². The number of carbonyl (C=O) groups is 1. The minimum atomic E-state index is -0.745. The maximum atomic E-state index is 14.0. The largest absolute Gasteiger partial charge is 0.331 e. The molecule has 3 heterocycles. The fraction of sp³-hybridized carbons (Fsp3) is 0.200. The van der Waals surface area contributed by atoms with Crippen LogP contribution < -0.4 is 16.6 Å². The quantitative estimate of drug-likeness (QED) is 0.505. The van der Waals surface area contributed by atoms with Crippen LogP contribution >= 0.6 is 22.7 Å². The number of rotatable bonds is 4.